The molecule has 1 aliphatic heterocycles. The molecule has 2 aromatic heterocycles. The monoisotopic (exact) mass is 438 g/mol. The first-order chi connectivity index (χ1) is 15.2. The van der Waals surface area contributed by atoms with Crippen LogP contribution in [-0.2, 0) is 16.7 Å². The van der Waals surface area contributed by atoms with E-state index in [-0.39, 0.29) is 17.3 Å². The maximum absolute atomic E-state index is 13.5. The molecule has 4 rings (SSSR count). The van der Waals surface area contributed by atoms with Crippen LogP contribution in [0.4, 0.5) is 10.3 Å². The molecule has 170 valence electrons. The predicted molar refractivity (Wildman–Crippen MR) is 123 cm³/mol. The van der Waals surface area contributed by atoms with Crippen molar-refractivity contribution in [2.45, 2.75) is 38.8 Å². The number of aromatic amines is 1. The molecular formula is C24H31FN6O. The highest BCUT2D eigenvalue weighted by Gasteiger charge is 2.28. The number of hydrogen-bond acceptors (Lipinski definition) is 6. The zero-order valence-electron chi connectivity index (χ0n) is 19.4. The first kappa shape index (κ1) is 22.4. The SMILES string of the molecule is CN(C)c1ncc(-c2ccc(F)cc2)c(C2CN(Cc3cn[nH]c3C(C)(C)C)CCO2)n1. The minimum absolute atomic E-state index is 0.000537. The molecule has 0 radical (unpaired) electrons. The van der Waals surface area contributed by atoms with Crippen molar-refractivity contribution in [3.8, 4) is 11.1 Å². The molecule has 0 aliphatic carbocycles. The van der Waals surface area contributed by atoms with Gasteiger partial charge in [-0.15, -0.1) is 0 Å². The summed E-state index contributed by atoms with van der Waals surface area (Å²) in [6.07, 6.45) is 3.51. The Morgan fingerprint density at radius 3 is 2.62 bits per heavy atom. The maximum atomic E-state index is 13.5. The molecule has 0 bridgehead atoms. The summed E-state index contributed by atoms with van der Waals surface area (Å²) in [5.41, 5.74) is 4.92. The number of ether oxygens (including phenoxy) is 1. The minimum atomic E-state index is -0.268. The van der Waals surface area contributed by atoms with Gasteiger partial charge in [0.15, 0.2) is 0 Å². The second-order valence-electron chi connectivity index (χ2n) is 9.49. The summed E-state index contributed by atoms with van der Waals surface area (Å²) in [4.78, 5) is 13.6. The number of morpholine rings is 1. The normalized spacial score (nSPS) is 17.5. The Kier molecular flexibility index (Phi) is 6.26. The Hall–Kier alpha value is -2.84. The molecule has 7 nitrogen and oxygen atoms in total. The summed E-state index contributed by atoms with van der Waals surface area (Å²) < 4.78 is 19.7. The highest BCUT2D eigenvalue weighted by molar-refractivity contribution is 5.66. The molecule has 1 N–H and O–H groups in total. The first-order valence-corrected chi connectivity index (χ1v) is 10.9. The lowest BCUT2D eigenvalue weighted by molar-refractivity contribution is -0.0348. The first-order valence-electron chi connectivity index (χ1n) is 10.9. The summed E-state index contributed by atoms with van der Waals surface area (Å²) in [7, 11) is 3.83. The Labute approximate surface area is 188 Å². The van der Waals surface area contributed by atoms with Crippen LogP contribution in [0.2, 0.25) is 0 Å². The zero-order valence-corrected chi connectivity index (χ0v) is 19.4. The van der Waals surface area contributed by atoms with Crippen LogP contribution in [0, 0.1) is 5.82 Å². The average molecular weight is 439 g/mol. The van der Waals surface area contributed by atoms with Gasteiger partial charge >= 0.3 is 0 Å². The third kappa shape index (κ3) is 4.81. The highest BCUT2D eigenvalue weighted by Crippen LogP contribution is 2.32. The lowest BCUT2D eigenvalue weighted by Gasteiger charge is -2.34. The molecule has 1 fully saturated rings. The number of benzene rings is 1. The van der Waals surface area contributed by atoms with E-state index < -0.39 is 0 Å². The van der Waals surface area contributed by atoms with Crippen LogP contribution in [0.25, 0.3) is 11.1 Å². The number of aromatic nitrogens is 4. The number of nitrogens with zero attached hydrogens (tertiary/aromatic N) is 5. The molecule has 1 aromatic carbocycles. The van der Waals surface area contributed by atoms with Crippen molar-refractivity contribution in [2.24, 2.45) is 0 Å². The van der Waals surface area contributed by atoms with E-state index in [1.54, 1.807) is 18.3 Å². The quantitative estimate of drug-likeness (QED) is 0.651. The summed E-state index contributed by atoms with van der Waals surface area (Å²) >= 11 is 0. The van der Waals surface area contributed by atoms with Gasteiger partial charge in [0.2, 0.25) is 5.95 Å². The van der Waals surface area contributed by atoms with E-state index in [4.69, 9.17) is 9.72 Å². The molecular weight excluding hydrogens is 407 g/mol. The van der Waals surface area contributed by atoms with E-state index in [1.807, 2.05) is 25.2 Å². The van der Waals surface area contributed by atoms with Crippen LogP contribution in [-0.4, -0.2) is 58.9 Å². The molecule has 1 aliphatic rings. The molecule has 0 amide bonds. The predicted octanol–water partition coefficient (Wildman–Crippen LogP) is 3.94. The van der Waals surface area contributed by atoms with Crippen molar-refractivity contribution >= 4 is 5.95 Å². The van der Waals surface area contributed by atoms with Crippen molar-refractivity contribution in [3.05, 3.63) is 59.4 Å². The summed E-state index contributed by atoms with van der Waals surface area (Å²) in [6.45, 7) is 9.49. The number of anilines is 1. The summed E-state index contributed by atoms with van der Waals surface area (Å²) in [5.74, 6) is 0.354. The fourth-order valence-corrected chi connectivity index (χ4v) is 4.03. The van der Waals surface area contributed by atoms with Crippen LogP contribution in [0.15, 0.2) is 36.7 Å². The molecule has 1 atom stereocenters. The molecule has 32 heavy (non-hydrogen) atoms. The van der Waals surface area contributed by atoms with Crippen LogP contribution in [0.3, 0.4) is 0 Å². The number of rotatable bonds is 5. The molecule has 1 unspecified atom stereocenters. The van der Waals surface area contributed by atoms with Crippen molar-refractivity contribution < 1.29 is 9.13 Å². The van der Waals surface area contributed by atoms with E-state index in [0.29, 0.717) is 19.1 Å². The van der Waals surface area contributed by atoms with Crippen molar-refractivity contribution in [1.29, 1.82) is 0 Å². The number of nitrogens with one attached hydrogen (secondary N) is 1. The Balaban J connectivity index is 1.63. The van der Waals surface area contributed by atoms with Gasteiger partial charge < -0.3 is 9.64 Å². The largest absolute Gasteiger partial charge is 0.369 e. The lowest BCUT2D eigenvalue weighted by Crippen LogP contribution is -2.38. The molecule has 8 heteroatoms. The summed E-state index contributed by atoms with van der Waals surface area (Å²) in [5, 5.41) is 7.45. The van der Waals surface area contributed by atoms with E-state index in [2.05, 4.69) is 40.9 Å². The van der Waals surface area contributed by atoms with Gasteiger partial charge in [0.25, 0.3) is 0 Å². The fraction of sp³-hybridized carbons (Fsp3) is 0.458. The standard InChI is InChI=1S/C24H31FN6O/c1-24(2,3)22-17(12-27-29-22)14-31-10-11-32-20(15-31)21-19(13-26-23(28-21)30(4)5)16-6-8-18(25)9-7-16/h6-9,12-13,20H,10-11,14-15H2,1-5H3,(H,27,29). The van der Waals surface area contributed by atoms with Crippen molar-refractivity contribution in [2.75, 3.05) is 38.7 Å². The van der Waals surface area contributed by atoms with Gasteiger partial charge in [-0.3, -0.25) is 10.00 Å². The average Bonchev–Trinajstić information content (AvgIpc) is 3.23. The number of H-pyrrole nitrogens is 1. The van der Waals surface area contributed by atoms with Gasteiger partial charge in [-0.2, -0.15) is 5.10 Å². The van der Waals surface area contributed by atoms with Gasteiger partial charge in [0.05, 0.1) is 18.5 Å². The topological polar surface area (TPSA) is 70.2 Å². The second kappa shape index (κ2) is 8.96. The van der Waals surface area contributed by atoms with Gasteiger partial charge in [0, 0.05) is 62.2 Å². The fourth-order valence-electron chi connectivity index (χ4n) is 4.03. The third-order valence-corrected chi connectivity index (χ3v) is 5.68. The van der Waals surface area contributed by atoms with Gasteiger partial charge in [-0.25, -0.2) is 14.4 Å². The van der Waals surface area contributed by atoms with Crippen LogP contribution < -0.4 is 4.90 Å². The molecule has 3 aromatic rings. The van der Waals surface area contributed by atoms with Crippen LogP contribution in [0.5, 0.6) is 0 Å². The number of halogens is 1. The van der Waals surface area contributed by atoms with Crippen molar-refractivity contribution in [1.82, 2.24) is 25.1 Å². The van der Waals surface area contributed by atoms with Gasteiger partial charge in [0.1, 0.15) is 11.9 Å². The lowest BCUT2D eigenvalue weighted by atomic mass is 9.89. The Morgan fingerprint density at radius 1 is 1.19 bits per heavy atom. The van der Waals surface area contributed by atoms with Crippen molar-refractivity contribution in [3.63, 3.8) is 0 Å². The molecule has 0 spiro atoms. The molecule has 0 saturated carbocycles. The van der Waals surface area contributed by atoms with Crippen LogP contribution in [0.1, 0.15) is 43.8 Å². The van der Waals surface area contributed by atoms with Gasteiger partial charge in [-0.1, -0.05) is 32.9 Å². The smallest absolute Gasteiger partial charge is 0.225 e. The Bertz CT molecular complexity index is 1060. The Morgan fingerprint density at radius 2 is 1.94 bits per heavy atom. The van der Waals surface area contributed by atoms with E-state index in [0.717, 1.165) is 35.6 Å². The highest BCUT2D eigenvalue weighted by atomic mass is 19.1. The van der Waals surface area contributed by atoms with Gasteiger partial charge in [-0.05, 0) is 17.7 Å². The van der Waals surface area contributed by atoms with E-state index in [9.17, 15) is 4.39 Å². The van der Waals surface area contributed by atoms with E-state index >= 15 is 0 Å². The van der Waals surface area contributed by atoms with Crippen LogP contribution >= 0.6 is 0 Å². The second-order valence-corrected chi connectivity index (χ2v) is 9.49. The summed E-state index contributed by atoms with van der Waals surface area (Å²) in [6, 6.07) is 6.43. The zero-order chi connectivity index (χ0) is 22.9. The maximum Gasteiger partial charge on any atom is 0.225 e. The third-order valence-electron chi connectivity index (χ3n) is 5.68. The minimum Gasteiger partial charge on any atom is -0.369 e. The van der Waals surface area contributed by atoms with E-state index in [1.165, 1.54) is 17.7 Å². The molecule has 1 saturated heterocycles. The number of hydrogen-bond donors (Lipinski definition) is 1. The molecule has 3 heterocycles.